The average molecular weight is 517 g/mol. The SMILES string of the molecule is O=C(NCc1ccc(S(=O)(=O)c2cc(Cl)ccc2OCC(F)F)cc1)c1ccc2ccncc2c1. The quantitative estimate of drug-likeness (QED) is 0.344. The lowest BCUT2D eigenvalue weighted by atomic mass is 10.1. The molecular weight excluding hydrogens is 498 g/mol. The Hall–Kier alpha value is -3.56. The number of pyridine rings is 1. The zero-order valence-electron chi connectivity index (χ0n) is 18.1. The molecule has 0 aliphatic carbocycles. The summed E-state index contributed by atoms with van der Waals surface area (Å²) in [5.74, 6) is -0.496. The van der Waals surface area contributed by atoms with Crippen LogP contribution in [0.3, 0.4) is 0 Å². The van der Waals surface area contributed by atoms with Gasteiger partial charge in [-0.05, 0) is 59.5 Å². The molecule has 10 heteroatoms. The van der Waals surface area contributed by atoms with E-state index in [1.807, 2.05) is 12.1 Å². The molecule has 35 heavy (non-hydrogen) atoms. The van der Waals surface area contributed by atoms with Crippen molar-refractivity contribution in [3.05, 3.63) is 95.3 Å². The molecular formula is C25H19ClF2N2O4S. The van der Waals surface area contributed by atoms with Gasteiger partial charge in [-0.1, -0.05) is 29.8 Å². The van der Waals surface area contributed by atoms with E-state index in [0.717, 1.165) is 16.8 Å². The number of carbonyl (C=O) groups is 1. The minimum absolute atomic E-state index is 0.0706. The van der Waals surface area contributed by atoms with Crippen LogP contribution in [0.2, 0.25) is 5.02 Å². The van der Waals surface area contributed by atoms with Crippen LogP contribution in [-0.2, 0) is 16.4 Å². The van der Waals surface area contributed by atoms with Crippen LogP contribution in [0.25, 0.3) is 10.8 Å². The molecule has 0 spiro atoms. The van der Waals surface area contributed by atoms with E-state index in [-0.39, 0.29) is 33.0 Å². The third-order valence-corrected chi connectivity index (χ3v) is 7.18. The van der Waals surface area contributed by atoms with Crippen LogP contribution < -0.4 is 10.1 Å². The molecule has 0 saturated carbocycles. The molecule has 1 amide bonds. The van der Waals surface area contributed by atoms with Gasteiger partial charge in [-0.3, -0.25) is 9.78 Å². The van der Waals surface area contributed by atoms with Gasteiger partial charge in [0, 0.05) is 34.9 Å². The van der Waals surface area contributed by atoms with E-state index >= 15 is 0 Å². The maximum atomic E-state index is 13.1. The highest BCUT2D eigenvalue weighted by atomic mass is 35.5. The molecule has 0 bridgehead atoms. The Kier molecular flexibility index (Phi) is 7.28. The number of nitrogens with one attached hydrogen (secondary N) is 1. The van der Waals surface area contributed by atoms with E-state index in [1.165, 1.54) is 24.3 Å². The largest absolute Gasteiger partial charge is 0.486 e. The summed E-state index contributed by atoms with van der Waals surface area (Å²) >= 11 is 5.94. The van der Waals surface area contributed by atoms with Crippen molar-refractivity contribution in [1.29, 1.82) is 0 Å². The number of fused-ring (bicyclic) bond motifs is 1. The Bertz CT molecular complexity index is 1480. The molecule has 0 fully saturated rings. The number of nitrogens with zero attached hydrogens (tertiary/aromatic N) is 1. The van der Waals surface area contributed by atoms with Crippen LogP contribution >= 0.6 is 11.6 Å². The molecule has 0 radical (unpaired) electrons. The summed E-state index contributed by atoms with van der Waals surface area (Å²) in [5, 5.41) is 4.73. The predicted octanol–water partition coefficient (Wildman–Crippen LogP) is 5.29. The van der Waals surface area contributed by atoms with E-state index in [4.69, 9.17) is 16.3 Å². The monoisotopic (exact) mass is 516 g/mol. The van der Waals surface area contributed by atoms with E-state index in [2.05, 4.69) is 10.3 Å². The fraction of sp³-hybridized carbons (Fsp3) is 0.120. The highest BCUT2D eigenvalue weighted by Crippen LogP contribution is 2.32. The van der Waals surface area contributed by atoms with E-state index in [9.17, 15) is 22.0 Å². The number of sulfone groups is 1. The average Bonchev–Trinajstić information content (AvgIpc) is 2.86. The zero-order chi connectivity index (χ0) is 25.0. The highest BCUT2D eigenvalue weighted by Gasteiger charge is 2.23. The second-order valence-corrected chi connectivity index (χ2v) is 9.92. The van der Waals surface area contributed by atoms with E-state index < -0.39 is 22.9 Å². The van der Waals surface area contributed by atoms with Crippen LogP contribution in [0.15, 0.2) is 88.9 Å². The predicted molar refractivity (Wildman–Crippen MR) is 128 cm³/mol. The van der Waals surface area contributed by atoms with Gasteiger partial charge in [0.1, 0.15) is 17.3 Å². The Balaban J connectivity index is 1.48. The lowest BCUT2D eigenvalue weighted by molar-refractivity contribution is 0.0804. The smallest absolute Gasteiger partial charge is 0.272 e. The topological polar surface area (TPSA) is 85.4 Å². The Labute approximate surface area is 205 Å². The summed E-state index contributed by atoms with van der Waals surface area (Å²) in [5.41, 5.74) is 1.14. The van der Waals surface area contributed by atoms with E-state index in [0.29, 0.717) is 11.1 Å². The molecule has 3 aromatic carbocycles. The van der Waals surface area contributed by atoms with Gasteiger partial charge in [-0.25, -0.2) is 17.2 Å². The first kappa shape index (κ1) is 24.6. The summed E-state index contributed by atoms with van der Waals surface area (Å²) in [4.78, 5) is 16.2. The zero-order valence-corrected chi connectivity index (χ0v) is 19.7. The number of aromatic nitrogens is 1. The van der Waals surface area contributed by atoms with Crippen LogP contribution in [0.5, 0.6) is 5.75 Å². The molecule has 6 nitrogen and oxygen atoms in total. The summed E-state index contributed by atoms with van der Waals surface area (Å²) < 4.78 is 56.4. The van der Waals surface area contributed by atoms with Crippen molar-refractivity contribution in [3.8, 4) is 5.75 Å². The number of halogens is 3. The molecule has 4 aromatic rings. The van der Waals surface area contributed by atoms with Gasteiger partial charge in [0.2, 0.25) is 9.84 Å². The Morgan fingerprint density at radius 2 is 1.77 bits per heavy atom. The van der Waals surface area contributed by atoms with E-state index in [1.54, 1.807) is 36.7 Å². The summed E-state index contributed by atoms with van der Waals surface area (Å²) in [6, 6.07) is 16.8. The molecule has 4 rings (SSSR count). The van der Waals surface area contributed by atoms with Gasteiger partial charge < -0.3 is 10.1 Å². The minimum atomic E-state index is -4.10. The molecule has 0 aliphatic rings. The van der Waals surface area contributed by atoms with Crippen molar-refractivity contribution >= 4 is 38.1 Å². The second kappa shape index (κ2) is 10.4. The Morgan fingerprint density at radius 1 is 1.00 bits per heavy atom. The molecule has 0 atom stereocenters. The number of hydrogen-bond donors (Lipinski definition) is 1. The maximum absolute atomic E-state index is 13.1. The fourth-order valence-corrected chi connectivity index (χ4v) is 5.05. The summed E-state index contributed by atoms with van der Waals surface area (Å²) in [7, 11) is -4.10. The fourth-order valence-electron chi connectivity index (χ4n) is 3.39. The van der Waals surface area contributed by atoms with Crippen molar-refractivity contribution in [2.75, 3.05) is 6.61 Å². The number of rotatable bonds is 8. The van der Waals surface area contributed by atoms with Gasteiger partial charge >= 0.3 is 0 Å². The third kappa shape index (κ3) is 5.75. The minimum Gasteiger partial charge on any atom is -0.486 e. The Morgan fingerprint density at radius 3 is 2.51 bits per heavy atom. The number of alkyl halides is 2. The summed E-state index contributed by atoms with van der Waals surface area (Å²) in [6.07, 6.45) is 0.590. The van der Waals surface area contributed by atoms with Gasteiger partial charge in [0.25, 0.3) is 12.3 Å². The summed E-state index contributed by atoms with van der Waals surface area (Å²) in [6.45, 7) is -0.777. The second-order valence-electron chi connectivity index (χ2n) is 7.56. The lowest BCUT2D eigenvalue weighted by Crippen LogP contribution is -2.22. The number of amides is 1. The van der Waals surface area contributed by atoms with Crippen LogP contribution in [0, 0.1) is 0 Å². The standard InChI is InChI=1S/C25H19ClF2N2O4S/c26-20-5-8-22(34-15-24(27)28)23(12-20)35(32,33)21-6-1-16(2-7-21)13-30-25(31)18-4-3-17-9-10-29-14-19(17)11-18/h1-12,14,24H,13,15H2,(H,30,31). The molecule has 1 aromatic heterocycles. The van der Waals surface area contributed by atoms with Crippen molar-refractivity contribution in [3.63, 3.8) is 0 Å². The molecule has 0 saturated heterocycles. The maximum Gasteiger partial charge on any atom is 0.272 e. The van der Waals surface area contributed by atoms with Crippen molar-refractivity contribution in [2.24, 2.45) is 0 Å². The molecule has 1 heterocycles. The third-order valence-electron chi connectivity index (χ3n) is 5.15. The molecule has 0 aliphatic heterocycles. The lowest BCUT2D eigenvalue weighted by Gasteiger charge is -2.13. The normalized spacial score (nSPS) is 11.5. The first-order chi connectivity index (χ1) is 16.7. The van der Waals surface area contributed by atoms with Crippen LogP contribution in [0.1, 0.15) is 15.9 Å². The number of ether oxygens (including phenoxy) is 1. The van der Waals surface area contributed by atoms with Gasteiger partial charge in [-0.15, -0.1) is 0 Å². The first-order valence-corrected chi connectivity index (χ1v) is 12.3. The first-order valence-electron chi connectivity index (χ1n) is 10.4. The van der Waals surface area contributed by atoms with Crippen LogP contribution in [0.4, 0.5) is 8.78 Å². The van der Waals surface area contributed by atoms with Crippen molar-refractivity contribution in [1.82, 2.24) is 10.3 Å². The van der Waals surface area contributed by atoms with Gasteiger partial charge in [0.05, 0.1) is 4.90 Å². The number of hydrogen-bond acceptors (Lipinski definition) is 5. The highest BCUT2D eigenvalue weighted by molar-refractivity contribution is 7.91. The number of carbonyl (C=O) groups excluding carboxylic acids is 1. The number of benzene rings is 3. The van der Waals surface area contributed by atoms with Crippen molar-refractivity contribution < 1.29 is 26.7 Å². The molecule has 180 valence electrons. The van der Waals surface area contributed by atoms with Gasteiger partial charge in [0.15, 0.2) is 0 Å². The van der Waals surface area contributed by atoms with Crippen LogP contribution in [-0.4, -0.2) is 32.3 Å². The molecule has 0 unspecified atom stereocenters. The molecule has 1 N–H and O–H groups in total. The van der Waals surface area contributed by atoms with Gasteiger partial charge in [-0.2, -0.15) is 0 Å². The van der Waals surface area contributed by atoms with Crippen molar-refractivity contribution in [2.45, 2.75) is 22.8 Å².